The maximum absolute atomic E-state index is 12.5. The predicted octanol–water partition coefficient (Wildman–Crippen LogP) is 3.03. The van der Waals surface area contributed by atoms with Crippen molar-refractivity contribution in [2.75, 3.05) is 11.6 Å². The molecule has 1 N–H and O–H groups in total. The molecule has 26 heavy (non-hydrogen) atoms. The minimum absolute atomic E-state index is 0.0284. The van der Waals surface area contributed by atoms with Gasteiger partial charge in [-0.05, 0) is 63.8 Å². The molecule has 1 aromatic carbocycles. The highest BCUT2D eigenvalue weighted by atomic mass is 32.2. The summed E-state index contributed by atoms with van der Waals surface area (Å²) in [6, 6.07) is 7.66. The summed E-state index contributed by atoms with van der Waals surface area (Å²) in [5.41, 5.74) is 3.82. The molecule has 0 unspecified atom stereocenters. The van der Waals surface area contributed by atoms with E-state index in [1.165, 1.54) is 6.26 Å². The Hall–Kier alpha value is -2.15. The zero-order valence-electron chi connectivity index (χ0n) is 15.4. The fraction of sp³-hybridized carbons (Fsp3) is 0.474. The number of rotatable bonds is 4. The van der Waals surface area contributed by atoms with Gasteiger partial charge in [0.05, 0.1) is 17.3 Å². The summed E-state index contributed by atoms with van der Waals surface area (Å²) in [4.78, 5) is 16.8. The van der Waals surface area contributed by atoms with Crippen molar-refractivity contribution in [3.63, 3.8) is 0 Å². The maximum atomic E-state index is 12.5. The van der Waals surface area contributed by atoms with Crippen LogP contribution in [-0.2, 0) is 14.6 Å². The van der Waals surface area contributed by atoms with E-state index in [1.807, 2.05) is 42.7 Å². The summed E-state index contributed by atoms with van der Waals surface area (Å²) >= 11 is 0. The van der Waals surface area contributed by atoms with Crippen molar-refractivity contribution in [2.24, 2.45) is 5.92 Å². The molecule has 1 amide bonds. The van der Waals surface area contributed by atoms with Crippen molar-refractivity contribution < 1.29 is 13.2 Å². The summed E-state index contributed by atoms with van der Waals surface area (Å²) in [6.45, 7) is 3.99. The molecule has 7 heteroatoms. The van der Waals surface area contributed by atoms with Crippen molar-refractivity contribution in [1.29, 1.82) is 0 Å². The fourth-order valence-electron chi connectivity index (χ4n) is 3.46. The Balaban J connectivity index is 1.61. The highest BCUT2D eigenvalue weighted by Crippen LogP contribution is 2.29. The van der Waals surface area contributed by atoms with E-state index in [0.29, 0.717) is 25.7 Å². The lowest BCUT2D eigenvalue weighted by Crippen LogP contribution is -2.32. The topological polar surface area (TPSA) is 81.1 Å². The molecule has 0 spiro atoms. The Morgan fingerprint density at radius 2 is 1.73 bits per heavy atom. The largest absolute Gasteiger partial charge is 0.326 e. The molecule has 1 aromatic heterocycles. The number of nitrogens with zero attached hydrogens (tertiary/aromatic N) is 2. The molecule has 1 aliphatic rings. The number of nitrogens with one attached hydrogen (secondary N) is 1. The summed E-state index contributed by atoms with van der Waals surface area (Å²) in [5, 5.41) is 2.65. The van der Waals surface area contributed by atoms with Gasteiger partial charge in [-0.25, -0.2) is 13.4 Å². The van der Waals surface area contributed by atoms with Crippen LogP contribution in [0, 0.1) is 19.8 Å². The van der Waals surface area contributed by atoms with Crippen LogP contribution in [0.25, 0.3) is 5.69 Å². The number of hydrogen-bond donors (Lipinski definition) is 1. The molecule has 6 nitrogen and oxygen atoms in total. The minimum Gasteiger partial charge on any atom is -0.326 e. The third-order valence-corrected chi connectivity index (χ3v) is 7.00. The first kappa shape index (κ1) is 18.6. The van der Waals surface area contributed by atoms with Gasteiger partial charge in [-0.3, -0.25) is 4.79 Å². The van der Waals surface area contributed by atoms with Crippen LogP contribution in [0.3, 0.4) is 0 Å². The van der Waals surface area contributed by atoms with Crippen LogP contribution >= 0.6 is 0 Å². The van der Waals surface area contributed by atoms with Crippen molar-refractivity contribution in [3.8, 4) is 5.69 Å². The van der Waals surface area contributed by atoms with Crippen molar-refractivity contribution in [2.45, 2.75) is 44.8 Å². The van der Waals surface area contributed by atoms with Crippen LogP contribution < -0.4 is 5.32 Å². The smallest absolute Gasteiger partial charge is 0.227 e. The number of benzene rings is 1. The van der Waals surface area contributed by atoms with E-state index in [1.54, 1.807) is 6.33 Å². The average molecular weight is 375 g/mol. The number of aromatic nitrogens is 2. The van der Waals surface area contributed by atoms with Gasteiger partial charge in [-0.2, -0.15) is 0 Å². The number of imidazole rings is 1. The van der Waals surface area contributed by atoms with E-state index in [9.17, 15) is 13.2 Å². The highest BCUT2D eigenvalue weighted by molar-refractivity contribution is 7.91. The molecule has 1 heterocycles. The standard InChI is InChI=1S/C19H25N3O3S/c1-13-14(2)22(12-20-13)17-8-6-16(7-9-17)21-19(23)15-4-10-18(11-5-15)26(3,24)25/h6-9,12,15,18H,4-5,10-11H2,1-3H3,(H,21,23). The molecular formula is C19H25N3O3S. The SMILES string of the molecule is Cc1ncn(-c2ccc(NC(=O)C3CCC(S(C)(=O)=O)CC3)cc2)c1C. The number of sulfone groups is 1. The Morgan fingerprint density at radius 3 is 2.23 bits per heavy atom. The molecule has 2 aromatic rings. The molecule has 1 aliphatic carbocycles. The van der Waals surface area contributed by atoms with Gasteiger partial charge >= 0.3 is 0 Å². The number of amides is 1. The molecule has 0 bridgehead atoms. The van der Waals surface area contributed by atoms with Crippen molar-refractivity contribution in [3.05, 3.63) is 42.0 Å². The van der Waals surface area contributed by atoms with E-state index in [4.69, 9.17) is 0 Å². The lowest BCUT2D eigenvalue weighted by molar-refractivity contribution is -0.120. The average Bonchev–Trinajstić information content (AvgIpc) is 2.94. The molecule has 0 aliphatic heterocycles. The minimum atomic E-state index is -3.01. The third-order valence-electron chi connectivity index (χ3n) is 5.32. The monoisotopic (exact) mass is 375 g/mol. The van der Waals surface area contributed by atoms with Crippen LogP contribution in [0.4, 0.5) is 5.69 Å². The quantitative estimate of drug-likeness (QED) is 0.891. The number of hydrogen-bond acceptors (Lipinski definition) is 4. The van der Waals surface area contributed by atoms with E-state index in [0.717, 1.165) is 22.8 Å². The van der Waals surface area contributed by atoms with Gasteiger partial charge in [-0.15, -0.1) is 0 Å². The summed E-state index contributed by atoms with van der Waals surface area (Å²) in [7, 11) is -3.01. The lowest BCUT2D eigenvalue weighted by Gasteiger charge is -2.26. The van der Waals surface area contributed by atoms with Crippen LogP contribution in [0.5, 0.6) is 0 Å². The second-order valence-electron chi connectivity index (χ2n) is 7.12. The molecular weight excluding hydrogens is 350 g/mol. The second-order valence-corrected chi connectivity index (χ2v) is 9.45. The second kappa shape index (κ2) is 7.23. The van der Waals surface area contributed by atoms with E-state index >= 15 is 0 Å². The Morgan fingerprint density at radius 1 is 1.12 bits per heavy atom. The molecule has 3 rings (SSSR count). The first-order valence-electron chi connectivity index (χ1n) is 8.86. The van der Waals surface area contributed by atoms with E-state index < -0.39 is 9.84 Å². The first-order valence-corrected chi connectivity index (χ1v) is 10.8. The Bertz CT molecular complexity index is 893. The molecule has 1 fully saturated rings. The van der Waals surface area contributed by atoms with Crippen LogP contribution in [0.1, 0.15) is 37.1 Å². The molecule has 1 saturated carbocycles. The number of carbonyl (C=O) groups excluding carboxylic acids is 1. The summed E-state index contributed by atoms with van der Waals surface area (Å²) in [6.07, 6.45) is 5.44. The van der Waals surface area contributed by atoms with Crippen LogP contribution in [0.2, 0.25) is 0 Å². The van der Waals surface area contributed by atoms with Gasteiger partial charge in [-0.1, -0.05) is 0 Å². The van der Waals surface area contributed by atoms with Crippen LogP contribution in [-0.4, -0.2) is 35.4 Å². The highest BCUT2D eigenvalue weighted by Gasteiger charge is 2.31. The molecule has 0 radical (unpaired) electrons. The van der Waals surface area contributed by atoms with Crippen molar-refractivity contribution in [1.82, 2.24) is 9.55 Å². The molecule has 0 atom stereocenters. The van der Waals surface area contributed by atoms with Gasteiger partial charge in [0, 0.05) is 29.2 Å². The summed E-state index contributed by atoms with van der Waals surface area (Å²) in [5.74, 6) is -0.148. The predicted molar refractivity (Wildman–Crippen MR) is 102 cm³/mol. The zero-order chi connectivity index (χ0) is 18.9. The third kappa shape index (κ3) is 3.98. The van der Waals surface area contributed by atoms with Gasteiger partial charge in [0.25, 0.3) is 0 Å². The fourth-order valence-corrected chi connectivity index (χ4v) is 4.59. The molecule has 140 valence electrons. The maximum Gasteiger partial charge on any atom is 0.227 e. The Labute approximate surface area is 154 Å². The van der Waals surface area contributed by atoms with E-state index in [-0.39, 0.29) is 17.1 Å². The lowest BCUT2D eigenvalue weighted by atomic mass is 9.88. The number of aryl methyl sites for hydroxylation is 1. The first-order chi connectivity index (χ1) is 12.3. The van der Waals surface area contributed by atoms with Gasteiger partial charge in [0.2, 0.25) is 5.91 Å². The Kier molecular flexibility index (Phi) is 5.18. The zero-order valence-corrected chi connectivity index (χ0v) is 16.2. The van der Waals surface area contributed by atoms with Crippen molar-refractivity contribution >= 4 is 21.4 Å². The van der Waals surface area contributed by atoms with Gasteiger partial charge in [0.15, 0.2) is 0 Å². The van der Waals surface area contributed by atoms with Gasteiger partial charge in [0.1, 0.15) is 9.84 Å². The number of anilines is 1. The normalized spacial score (nSPS) is 20.7. The summed E-state index contributed by atoms with van der Waals surface area (Å²) < 4.78 is 25.2. The molecule has 0 saturated heterocycles. The van der Waals surface area contributed by atoms with Gasteiger partial charge < -0.3 is 9.88 Å². The van der Waals surface area contributed by atoms with E-state index in [2.05, 4.69) is 10.3 Å². The van der Waals surface area contributed by atoms with Crippen LogP contribution in [0.15, 0.2) is 30.6 Å². The number of carbonyl (C=O) groups is 1.